The van der Waals surface area contributed by atoms with Crippen LogP contribution in [-0.2, 0) is 0 Å². The summed E-state index contributed by atoms with van der Waals surface area (Å²) in [6.45, 7) is 4.59. The Kier molecular flexibility index (Phi) is 4.87. The van der Waals surface area contributed by atoms with E-state index < -0.39 is 0 Å². The van der Waals surface area contributed by atoms with Gasteiger partial charge in [0.25, 0.3) is 0 Å². The number of aliphatic hydroxyl groups is 1. The van der Waals surface area contributed by atoms with Crippen molar-refractivity contribution in [2.75, 3.05) is 13.6 Å². The van der Waals surface area contributed by atoms with E-state index in [1.807, 2.05) is 44.3 Å². The molecule has 0 bridgehead atoms. The molecule has 2 rings (SSSR count). The lowest BCUT2D eigenvalue weighted by Gasteiger charge is -2.21. The standard InChI is InChI=1S/C15H21N3O2/c1-11(19)9-10-18(3)12(2)15-16-14(17-20-15)13-7-5-4-6-8-13/h4-8,11-12,19H,9-10H2,1-3H3. The van der Waals surface area contributed by atoms with Gasteiger partial charge in [-0.1, -0.05) is 35.5 Å². The average Bonchev–Trinajstić information content (AvgIpc) is 2.94. The lowest BCUT2D eigenvalue weighted by molar-refractivity contribution is 0.143. The zero-order valence-corrected chi connectivity index (χ0v) is 12.2. The number of hydrogen-bond donors (Lipinski definition) is 1. The van der Waals surface area contributed by atoms with Crippen molar-refractivity contribution in [1.29, 1.82) is 0 Å². The molecule has 1 N–H and O–H groups in total. The maximum absolute atomic E-state index is 9.33. The van der Waals surface area contributed by atoms with E-state index in [0.717, 1.165) is 18.5 Å². The Labute approximate surface area is 119 Å². The van der Waals surface area contributed by atoms with Crippen LogP contribution in [0.25, 0.3) is 11.4 Å². The molecule has 20 heavy (non-hydrogen) atoms. The number of rotatable bonds is 6. The predicted octanol–water partition coefficient (Wildman–Crippen LogP) is 2.50. The van der Waals surface area contributed by atoms with Crippen LogP contribution in [0.3, 0.4) is 0 Å². The zero-order chi connectivity index (χ0) is 14.5. The van der Waals surface area contributed by atoms with Crippen molar-refractivity contribution in [1.82, 2.24) is 15.0 Å². The summed E-state index contributed by atoms with van der Waals surface area (Å²) in [5, 5.41) is 13.4. The molecule has 0 saturated carbocycles. The van der Waals surface area contributed by atoms with Crippen LogP contribution < -0.4 is 0 Å². The molecule has 0 spiro atoms. The molecule has 0 saturated heterocycles. The maximum atomic E-state index is 9.33. The highest BCUT2D eigenvalue weighted by molar-refractivity contribution is 5.53. The van der Waals surface area contributed by atoms with Crippen molar-refractivity contribution in [3.8, 4) is 11.4 Å². The SMILES string of the molecule is CC(O)CCN(C)C(C)c1nc(-c2ccccc2)no1. The molecule has 1 aromatic heterocycles. The molecule has 0 amide bonds. The summed E-state index contributed by atoms with van der Waals surface area (Å²) in [6.07, 6.45) is 0.424. The second-order valence-corrected chi connectivity index (χ2v) is 5.12. The number of nitrogens with zero attached hydrogens (tertiary/aromatic N) is 3. The fourth-order valence-corrected chi connectivity index (χ4v) is 1.88. The fraction of sp³-hybridized carbons (Fsp3) is 0.467. The van der Waals surface area contributed by atoms with Crippen LogP contribution in [0.15, 0.2) is 34.9 Å². The Hall–Kier alpha value is -1.72. The molecule has 2 atom stereocenters. The van der Waals surface area contributed by atoms with E-state index in [2.05, 4.69) is 15.0 Å². The molecule has 0 aliphatic carbocycles. The Morgan fingerprint density at radius 1 is 1.25 bits per heavy atom. The molecule has 0 aliphatic heterocycles. The monoisotopic (exact) mass is 275 g/mol. The smallest absolute Gasteiger partial charge is 0.244 e. The molecule has 108 valence electrons. The van der Waals surface area contributed by atoms with Gasteiger partial charge in [-0.3, -0.25) is 4.90 Å². The summed E-state index contributed by atoms with van der Waals surface area (Å²) in [4.78, 5) is 6.54. The lowest BCUT2D eigenvalue weighted by Crippen LogP contribution is -2.25. The molecular formula is C15H21N3O2. The van der Waals surface area contributed by atoms with E-state index in [-0.39, 0.29) is 12.1 Å². The minimum atomic E-state index is -0.299. The lowest BCUT2D eigenvalue weighted by atomic mass is 10.2. The summed E-state index contributed by atoms with van der Waals surface area (Å²) in [5.74, 6) is 1.20. The molecule has 5 heteroatoms. The number of hydrogen-bond acceptors (Lipinski definition) is 5. The van der Waals surface area contributed by atoms with Crippen molar-refractivity contribution < 1.29 is 9.63 Å². The van der Waals surface area contributed by atoms with Crippen LogP contribution in [-0.4, -0.2) is 39.8 Å². The van der Waals surface area contributed by atoms with Crippen LogP contribution in [0.2, 0.25) is 0 Å². The molecular weight excluding hydrogens is 254 g/mol. The van der Waals surface area contributed by atoms with Crippen LogP contribution in [0.4, 0.5) is 0 Å². The first-order chi connectivity index (χ1) is 9.58. The highest BCUT2D eigenvalue weighted by Gasteiger charge is 2.19. The van der Waals surface area contributed by atoms with E-state index in [9.17, 15) is 5.11 Å². The molecule has 0 radical (unpaired) electrons. The minimum Gasteiger partial charge on any atom is -0.393 e. The van der Waals surface area contributed by atoms with Gasteiger partial charge in [0.2, 0.25) is 11.7 Å². The van der Waals surface area contributed by atoms with Crippen LogP contribution in [0.1, 0.15) is 32.2 Å². The van der Waals surface area contributed by atoms with Crippen molar-refractivity contribution in [2.45, 2.75) is 32.4 Å². The Morgan fingerprint density at radius 3 is 2.60 bits per heavy atom. The summed E-state index contributed by atoms with van der Waals surface area (Å²) < 4.78 is 5.34. The van der Waals surface area contributed by atoms with Gasteiger partial charge in [-0.05, 0) is 27.3 Å². The van der Waals surface area contributed by atoms with Gasteiger partial charge in [0.05, 0.1) is 12.1 Å². The third-order valence-electron chi connectivity index (χ3n) is 3.39. The number of aromatic nitrogens is 2. The number of aliphatic hydroxyl groups excluding tert-OH is 1. The van der Waals surface area contributed by atoms with E-state index in [1.165, 1.54) is 0 Å². The second-order valence-electron chi connectivity index (χ2n) is 5.12. The van der Waals surface area contributed by atoms with Gasteiger partial charge in [0.15, 0.2) is 0 Å². The Bertz CT molecular complexity index is 525. The van der Waals surface area contributed by atoms with Gasteiger partial charge in [-0.2, -0.15) is 4.98 Å². The highest BCUT2D eigenvalue weighted by atomic mass is 16.5. The van der Waals surface area contributed by atoms with E-state index in [0.29, 0.717) is 11.7 Å². The summed E-state index contributed by atoms with van der Waals surface area (Å²) in [7, 11) is 1.99. The first-order valence-corrected chi connectivity index (χ1v) is 6.85. The van der Waals surface area contributed by atoms with Gasteiger partial charge in [-0.15, -0.1) is 0 Å². The molecule has 1 heterocycles. The van der Waals surface area contributed by atoms with Gasteiger partial charge in [0, 0.05) is 12.1 Å². The summed E-state index contributed by atoms with van der Waals surface area (Å²) in [6, 6.07) is 9.79. The highest BCUT2D eigenvalue weighted by Crippen LogP contribution is 2.21. The van der Waals surface area contributed by atoms with E-state index >= 15 is 0 Å². The van der Waals surface area contributed by atoms with Crippen molar-refractivity contribution >= 4 is 0 Å². The summed E-state index contributed by atoms with van der Waals surface area (Å²) in [5.41, 5.74) is 0.946. The fourth-order valence-electron chi connectivity index (χ4n) is 1.88. The van der Waals surface area contributed by atoms with Gasteiger partial charge < -0.3 is 9.63 Å². The maximum Gasteiger partial charge on any atom is 0.244 e. The van der Waals surface area contributed by atoms with Crippen molar-refractivity contribution in [3.63, 3.8) is 0 Å². The van der Waals surface area contributed by atoms with Crippen LogP contribution >= 0.6 is 0 Å². The second kappa shape index (κ2) is 6.63. The van der Waals surface area contributed by atoms with Gasteiger partial charge in [-0.25, -0.2) is 0 Å². The van der Waals surface area contributed by atoms with Crippen molar-refractivity contribution in [3.05, 3.63) is 36.2 Å². The van der Waals surface area contributed by atoms with Crippen LogP contribution in [0.5, 0.6) is 0 Å². The number of benzene rings is 1. The first kappa shape index (κ1) is 14.7. The molecule has 5 nitrogen and oxygen atoms in total. The Morgan fingerprint density at radius 2 is 1.95 bits per heavy atom. The third kappa shape index (κ3) is 3.65. The molecule has 0 fully saturated rings. The quantitative estimate of drug-likeness (QED) is 0.877. The topological polar surface area (TPSA) is 62.4 Å². The normalized spacial score (nSPS) is 14.4. The van der Waals surface area contributed by atoms with E-state index in [1.54, 1.807) is 6.92 Å². The molecule has 2 aromatic rings. The summed E-state index contributed by atoms with van der Waals surface area (Å²) >= 11 is 0. The van der Waals surface area contributed by atoms with Crippen LogP contribution in [0, 0.1) is 0 Å². The minimum absolute atomic E-state index is 0.0266. The molecule has 2 unspecified atom stereocenters. The van der Waals surface area contributed by atoms with Crippen molar-refractivity contribution in [2.24, 2.45) is 0 Å². The largest absolute Gasteiger partial charge is 0.393 e. The Balaban J connectivity index is 2.05. The average molecular weight is 275 g/mol. The van der Waals surface area contributed by atoms with E-state index in [4.69, 9.17) is 4.52 Å². The zero-order valence-electron chi connectivity index (χ0n) is 12.2. The molecule has 0 aliphatic rings. The molecule has 1 aromatic carbocycles. The van der Waals surface area contributed by atoms with Gasteiger partial charge >= 0.3 is 0 Å². The predicted molar refractivity (Wildman–Crippen MR) is 77.1 cm³/mol. The van der Waals surface area contributed by atoms with Gasteiger partial charge in [0.1, 0.15) is 0 Å². The first-order valence-electron chi connectivity index (χ1n) is 6.85. The third-order valence-corrected chi connectivity index (χ3v) is 3.39.